The van der Waals surface area contributed by atoms with Gasteiger partial charge >= 0.3 is 0 Å². The Hall–Kier alpha value is -2.79. The summed E-state index contributed by atoms with van der Waals surface area (Å²) in [6.45, 7) is 0.956. The Morgan fingerprint density at radius 3 is 2.82 bits per heavy atom. The number of rotatable bonds is 5. The van der Waals surface area contributed by atoms with Crippen molar-refractivity contribution in [2.24, 2.45) is 5.92 Å². The Balaban J connectivity index is 1.28. The van der Waals surface area contributed by atoms with E-state index in [1.807, 2.05) is 18.5 Å². The number of hydrogen-bond acceptors (Lipinski definition) is 5. The monoisotopic (exact) mass is 386 g/mol. The van der Waals surface area contributed by atoms with E-state index < -0.39 is 0 Å². The maximum absolute atomic E-state index is 4.41. The fraction of sp³-hybridized carbons (Fsp3) is 0.261. The van der Waals surface area contributed by atoms with Crippen LogP contribution in [0.1, 0.15) is 30.7 Å². The first-order valence-electron chi connectivity index (χ1n) is 9.83. The smallest absolute Gasteiger partial charge is 0.206 e. The molecular formula is C23H22N4S. The van der Waals surface area contributed by atoms with Gasteiger partial charge in [0.25, 0.3) is 0 Å². The third-order valence-corrected chi connectivity index (χ3v) is 6.64. The number of anilines is 1. The van der Waals surface area contributed by atoms with Gasteiger partial charge in [0.15, 0.2) is 0 Å². The van der Waals surface area contributed by atoms with Crippen LogP contribution in [0.4, 0.5) is 5.13 Å². The largest absolute Gasteiger partial charge is 0.360 e. The van der Waals surface area contributed by atoms with Crippen molar-refractivity contribution in [3.63, 3.8) is 0 Å². The van der Waals surface area contributed by atoms with Crippen molar-refractivity contribution in [1.29, 1.82) is 0 Å². The molecule has 0 bridgehead atoms. The lowest BCUT2D eigenvalue weighted by Gasteiger charge is -2.20. The Labute approximate surface area is 168 Å². The fourth-order valence-corrected chi connectivity index (χ4v) is 5.01. The molecule has 1 N–H and O–H groups in total. The lowest BCUT2D eigenvalue weighted by atomic mass is 9.89. The highest BCUT2D eigenvalue weighted by molar-refractivity contribution is 7.18. The standard InChI is InChI=1S/C23H22N4S/c1-2-5-16(6-3-1)21-8-4-7-20(21)15-25-23-27-26-22(28-23)18-9-10-19-14-24-12-11-17(19)13-18/h1-3,5-6,9-14,20-21H,4,7-8,15H2,(H,25,27)/t20-,21+/m1/s1. The molecule has 4 aromatic rings. The summed E-state index contributed by atoms with van der Waals surface area (Å²) in [4.78, 5) is 4.17. The van der Waals surface area contributed by atoms with Crippen LogP contribution >= 0.6 is 11.3 Å². The third-order valence-electron chi connectivity index (χ3n) is 5.71. The zero-order valence-electron chi connectivity index (χ0n) is 15.6. The number of hydrogen-bond donors (Lipinski definition) is 1. The average Bonchev–Trinajstić information content (AvgIpc) is 3.42. The summed E-state index contributed by atoms with van der Waals surface area (Å²) < 4.78 is 0. The first-order valence-corrected chi connectivity index (χ1v) is 10.6. The summed E-state index contributed by atoms with van der Waals surface area (Å²) in [5.74, 6) is 1.30. The molecular weight excluding hydrogens is 364 g/mol. The lowest BCUT2D eigenvalue weighted by molar-refractivity contribution is 0.509. The highest BCUT2D eigenvalue weighted by Crippen LogP contribution is 2.40. The number of nitrogens with one attached hydrogen (secondary N) is 1. The van der Waals surface area contributed by atoms with Gasteiger partial charge in [-0.05, 0) is 47.8 Å². The second kappa shape index (κ2) is 7.68. The van der Waals surface area contributed by atoms with Gasteiger partial charge < -0.3 is 5.32 Å². The molecule has 0 aliphatic heterocycles. The first-order chi connectivity index (χ1) is 13.9. The van der Waals surface area contributed by atoms with E-state index in [0.717, 1.165) is 27.6 Å². The van der Waals surface area contributed by atoms with Gasteiger partial charge in [0.05, 0.1) is 0 Å². The predicted octanol–water partition coefficient (Wildman–Crippen LogP) is 5.75. The maximum atomic E-state index is 4.41. The van der Waals surface area contributed by atoms with Crippen LogP contribution in [0.3, 0.4) is 0 Å². The fourth-order valence-electron chi connectivity index (χ4n) is 4.27. The molecule has 2 aromatic carbocycles. The van der Waals surface area contributed by atoms with Gasteiger partial charge in [-0.25, -0.2) is 0 Å². The van der Waals surface area contributed by atoms with Gasteiger partial charge in [0.2, 0.25) is 5.13 Å². The molecule has 5 heteroatoms. The van der Waals surface area contributed by atoms with Crippen LogP contribution < -0.4 is 5.32 Å². The van der Waals surface area contributed by atoms with Crippen LogP contribution in [0.5, 0.6) is 0 Å². The van der Waals surface area contributed by atoms with Crippen LogP contribution in [0.2, 0.25) is 0 Å². The van der Waals surface area contributed by atoms with Gasteiger partial charge in [0.1, 0.15) is 5.01 Å². The summed E-state index contributed by atoms with van der Waals surface area (Å²) >= 11 is 1.63. The minimum Gasteiger partial charge on any atom is -0.360 e. The van der Waals surface area contributed by atoms with Gasteiger partial charge in [0, 0.05) is 29.9 Å². The van der Waals surface area contributed by atoms with E-state index in [9.17, 15) is 0 Å². The van der Waals surface area contributed by atoms with Gasteiger partial charge in [-0.15, -0.1) is 10.2 Å². The molecule has 1 aliphatic rings. The minimum atomic E-state index is 0.648. The summed E-state index contributed by atoms with van der Waals surface area (Å²) in [5.41, 5.74) is 2.57. The molecule has 0 saturated heterocycles. The van der Waals surface area contributed by atoms with E-state index in [-0.39, 0.29) is 0 Å². The SMILES string of the molecule is c1ccc([C@@H]2CCC[C@@H]2CNc2nnc(-c3ccc4cnccc4c3)s2)cc1. The first kappa shape index (κ1) is 17.3. The summed E-state index contributed by atoms with van der Waals surface area (Å²) in [6, 6.07) is 19.3. The number of benzene rings is 2. The van der Waals surface area contributed by atoms with E-state index in [4.69, 9.17) is 0 Å². The van der Waals surface area contributed by atoms with Crippen molar-refractivity contribution in [1.82, 2.24) is 15.2 Å². The molecule has 0 spiro atoms. The molecule has 2 aromatic heterocycles. The third kappa shape index (κ3) is 3.50. The van der Waals surface area contributed by atoms with E-state index in [0.29, 0.717) is 11.8 Å². The van der Waals surface area contributed by atoms with Gasteiger partial charge in [-0.1, -0.05) is 60.2 Å². The van der Waals surface area contributed by atoms with Gasteiger partial charge in [-0.2, -0.15) is 0 Å². The van der Waals surface area contributed by atoms with E-state index >= 15 is 0 Å². The van der Waals surface area contributed by atoms with Crippen molar-refractivity contribution in [3.05, 3.63) is 72.6 Å². The quantitative estimate of drug-likeness (QED) is 0.474. The van der Waals surface area contributed by atoms with Gasteiger partial charge in [-0.3, -0.25) is 4.98 Å². The highest BCUT2D eigenvalue weighted by atomic mass is 32.1. The van der Waals surface area contributed by atoms with Crippen molar-refractivity contribution >= 4 is 27.2 Å². The lowest BCUT2D eigenvalue weighted by Crippen LogP contribution is -2.17. The Bertz CT molecular complexity index is 1080. The molecule has 140 valence electrons. The Kier molecular flexibility index (Phi) is 4.75. The second-order valence-corrected chi connectivity index (χ2v) is 8.42. The predicted molar refractivity (Wildman–Crippen MR) is 116 cm³/mol. The van der Waals surface area contributed by atoms with Crippen LogP contribution in [0, 0.1) is 5.92 Å². The van der Waals surface area contributed by atoms with Crippen LogP contribution in [-0.2, 0) is 0 Å². The second-order valence-electron chi connectivity index (χ2n) is 7.44. The zero-order chi connectivity index (χ0) is 18.8. The summed E-state index contributed by atoms with van der Waals surface area (Å²) in [6.07, 6.45) is 7.57. The minimum absolute atomic E-state index is 0.648. The Morgan fingerprint density at radius 2 is 1.89 bits per heavy atom. The molecule has 5 rings (SSSR count). The van der Waals surface area contributed by atoms with Crippen molar-refractivity contribution in [3.8, 4) is 10.6 Å². The molecule has 2 heterocycles. The zero-order valence-corrected chi connectivity index (χ0v) is 16.4. The molecule has 0 radical (unpaired) electrons. The average molecular weight is 387 g/mol. The molecule has 2 atom stereocenters. The molecule has 0 amide bonds. The molecule has 1 saturated carbocycles. The topological polar surface area (TPSA) is 50.7 Å². The van der Waals surface area contributed by atoms with Crippen LogP contribution in [0.15, 0.2) is 67.0 Å². The number of fused-ring (bicyclic) bond motifs is 1. The van der Waals surface area contributed by atoms with Crippen LogP contribution in [0.25, 0.3) is 21.3 Å². The number of pyridine rings is 1. The molecule has 1 aliphatic carbocycles. The normalized spacial score (nSPS) is 19.1. The summed E-state index contributed by atoms with van der Waals surface area (Å²) in [5, 5.41) is 16.5. The van der Waals surface area contributed by atoms with E-state index in [1.165, 1.54) is 30.2 Å². The van der Waals surface area contributed by atoms with E-state index in [2.05, 4.69) is 69.0 Å². The molecule has 4 nitrogen and oxygen atoms in total. The number of nitrogens with zero attached hydrogens (tertiary/aromatic N) is 3. The Morgan fingerprint density at radius 1 is 0.964 bits per heavy atom. The van der Waals surface area contributed by atoms with Crippen molar-refractivity contribution in [2.45, 2.75) is 25.2 Å². The number of aromatic nitrogens is 3. The van der Waals surface area contributed by atoms with E-state index in [1.54, 1.807) is 11.3 Å². The van der Waals surface area contributed by atoms with Crippen LogP contribution in [-0.4, -0.2) is 21.7 Å². The van der Waals surface area contributed by atoms with Crippen molar-refractivity contribution < 1.29 is 0 Å². The molecule has 1 fully saturated rings. The molecule has 28 heavy (non-hydrogen) atoms. The maximum Gasteiger partial charge on any atom is 0.206 e. The highest BCUT2D eigenvalue weighted by Gasteiger charge is 2.28. The van der Waals surface area contributed by atoms with Crippen molar-refractivity contribution in [2.75, 3.05) is 11.9 Å². The molecule has 0 unspecified atom stereocenters. The summed E-state index contributed by atoms with van der Waals surface area (Å²) in [7, 11) is 0.